The van der Waals surface area contributed by atoms with Crippen LogP contribution in [0.3, 0.4) is 0 Å². The summed E-state index contributed by atoms with van der Waals surface area (Å²) in [5.41, 5.74) is 5.08. The molecule has 0 saturated carbocycles. The zero-order valence-electron chi connectivity index (χ0n) is 4.78. The van der Waals surface area contributed by atoms with Gasteiger partial charge in [0.1, 0.15) is 6.04 Å². The second-order valence-electron chi connectivity index (χ2n) is 1.46. The minimum Gasteiger partial charge on any atom is -0.480 e. The highest BCUT2D eigenvalue weighted by molar-refractivity contribution is 8.93. The molecule has 5 heteroatoms. The number of rotatable bonds is 3. The molecule has 0 aromatic carbocycles. The van der Waals surface area contributed by atoms with Crippen LogP contribution in [0, 0.1) is 0 Å². The van der Waals surface area contributed by atoms with Gasteiger partial charge in [-0.1, -0.05) is 0 Å². The predicted octanol–water partition coefficient (Wildman–Crippen LogP) is 0.296. The van der Waals surface area contributed by atoms with Crippen molar-refractivity contribution in [1.82, 2.24) is 0 Å². The standard InChI is InChI=1S/C4H9NO2S.BrH/c5-3(1-2-8)4(6)7;/h3,8H,1-2,5H2,(H,6,7);1H/t3-;/m0./s1. The summed E-state index contributed by atoms with van der Waals surface area (Å²) in [7, 11) is 0. The van der Waals surface area contributed by atoms with Crippen molar-refractivity contribution in [2.45, 2.75) is 12.5 Å². The van der Waals surface area contributed by atoms with Crippen molar-refractivity contribution >= 4 is 35.6 Å². The fourth-order valence-corrected chi connectivity index (χ4v) is 0.541. The zero-order chi connectivity index (χ0) is 6.57. The molecule has 0 aliphatic rings. The molecule has 3 nitrogen and oxygen atoms in total. The third kappa shape index (κ3) is 6.14. The number of nitrogens with two attached hydrogens (primary N) is 1. The maximum Gasteiger partial charge on any atom is 0.320 e. The summed E-state index contributed by atoms with van der Waals surface area (Å²) in [5.74, 6) is -0.438. The fourth-order valence-electron chi connectivity index (χ4n) is 0.263. The molecular formula is C4H10BrNO2S. The van der Waals surface area contributed by atoms with E-state index in [4.69, 9.17) is 10.8 Å². The lowest BCUT2D eigenvalue weighted by Gasteiger charge is -2.00. The summed E-state index contributed by atoms with van der Waals surface area (Å²) >= 11 is 3.81. The number of carboxylic acid groups (broad SMARTS) is 1. The van der Waals surface area contributed by atoms with Crippen molar-refractivity contribution in [2.75, 3.05) is 5.75 Å². The lowest BCUT2D eigenvalue weighted by Crippen LogP contribution is -2.30. The third-order valence-corrected chi connectivity index (χ3v) is 1.02. The van der Waals surface area contributed by atoms with Gasteiger partial charge in [0.2, 0.25) is 0 Å². The first-order chi connectivity index (χ1) is 3.68. The second kappa shape index (κ2) is 6.38. The molecule has 0 spiro atoms. The van der Waals surface area contributed by atoms with Gasteiger partial charge >= 0.3 is 5.97 Å². The number of hydrogen-bond acceptors (Lipinski definition) is 3. The molecule has 0 amide bonds. The molecule has 0 saturated heterocycles. The number of carboxylic acids is 1. The number of carbonyl (C=O) groups is 1. The Morgan fingerprint density at radius 1 is 1.78 bits per heavy atom. The number of hydrogen-bond donors (Lipinski definition) is 3. The van der Waals surface area contributed by atoms with E-state index in [1.54, 1.807) is 0 Å². The number of halogens is 1. The summed E-state index contributed by atoms with van der Waals surface area (Å²) in [6.45, 7) is 0. The topological polar surface area (TPSA) is 63.3 Å². The molecule has 0 fully saturated rings. The largest absolute Gasteiger partial charge is 0.480 e. The minimum absolute atomic E-state index is 0. The molecule has 0 aliphatic heterocycles. The quantitative estimate of drug-likeness (QED) is 0.594. The SMILES string of the molecule is Br.N[C@@H](CCS)C(=O)O. The molecule has 56 valence electrons. The van der Waals surface area contributed by atoms with E-state index in [9.17, 15) is 4.79 Å². The van der Waals surface area contributed by atoms with Crippen LogP contribution in [0.5, 0.6) is 0 Å². The van der Waals surface area contributed by atoms with Gasteiger partial charge < -0.3 is 10.8 Å². The summed E-state index contributed by atoms with van der Waals surface area (Å²) in [5, 5.41) is 8.15. The highest BCUT2D eigenvalue weighted by Gasteiger charge is 2.08. The van der Waals surface area contributed by atoms with Crippen LogP contribution in [0.4, 0.5) is 0 Å². The van der Waals surface area contributed by atoms with Crippen molar-refractivity contribution in [2.24, 2.45) is 5.73 Å². The van der Waals surface area contributed by atoms with Crippen LogP contribution in [-0.4, -0.2) is 22.9 Å². The van der Waals surface area contributed by atoms with Crippen molar-refractivity contribution in [3.05, 3.63) is 0 Å². The van der Waals surface area contributed by atoms with Crippen LogP contribution in [0.1, 0.15) is 6.42 Å². The Labute approximate surface area is 69.8 Å². The lowest BCUT2D eigenvalue weighted by atomic mass is 10.2. The van der Waals surface area contributed by atoms with Crippen LogP contribution in [0.15, 0.2) is 0 Å². The van der Waals surface area contributed by atoms with Crippen molar-refractivity contribution in [3.8, 4) is 0 Å². The molecule has 1 atom stereocenters. The van der Waals surface area contributed by atoms with Crippen LogP contribution in [0.2, 0.25) is 0 Å². The number of aliphatic carboxylic acids is 1. The maximum absolute atomic E-state index is 9.93. The molecule has 0 aliphatic carbocycles. The lowest BCUT2D eigenvalue weighted by molar-refractivity contribution is -0.138. The van der Waals surface area contributed by atoms with E-state index < -0.39 is 12.0 Å². The summed E-state index contributed by atoms with van der Waals surface area (Å²) < 4.78 is 0. The Balaban J connectivity index is 0. The predicted molar refractivity (Wildman–Crippen MR) is 44.4 cm³/mol. The first kappa shape index (κ1) is 12.0. The Morgan fingerprint density at radius 3 is 2.33 bits per heavy atom. The average Bonchev–Trinajstić information content (AvgIpc) is 1.67. The van der Waals surface area contributed by atoms with E-state index in [0.717, 1.165) is 0 Å². The number of thiol groups is 1. The van der Waals surface area contributed by atoms with E-state index in [-0.39, 0.29) is 17.0 Å². The van der Waals surface area contributed by atoms with E-state index >= 15 is 0 Å². The van der Waals surface area contributed by atoms with Crippen LogP contribution in [0.25, 0.3) is 0 Å². The van der Waals surface area contributed by atoms with Gasteiger partial charge in [-0.25, -0.2) is 0 Å². The molecule has 0 rings (SSSR count). The van der Waals surface area contributed by atoms with Crippen LogP contribution in [-0.2, 0) is 4.79 Å². The van der Waals surface area contributed by atoms with Gasteiger partial charge in [0, 0.05) is 0 Å². The molecule has 0 radical (unpaired) electrons. The van der Waals surface area contributed by atoms with Gasteiger partial charge in [0.05, 0.1) is 0 Å². The van der Waals surface area contributed by atoms with Crippen LogP contribution >= 0.6 is 29.6 Å². The molecule has 0 bridgehead atoms. The highest BCUT2D eigenvalue weighted by Crippen LogP contribution is 1.88. The minimum atomic E-state index is -0.959. The van der Waals surface area contributed by atoms with Crippen molar-refractivity contribution in [3.63, 3.8) is 0 Å². The van der Waals surface area contributed by atoms with Gasteiger partial charge in [-0.3, -0.25) is 4.79 Å². The second-order valence-corrected chi connectivity index (χ2v) is 1.90. The maximum atomic E-state index is 9.93. The van der Waals surface area contributed by atoms with E-state index in [2.05, 4.69) is 12.6 Å². The van der Waals surface area contributed by atoms with Crippen molar-refractivity contribution in [1.29, 1.82) is 0 Å². The summed E-state index contributed by atoms with van der Waals surface area (Å²) in [6.07, 6.45) is 0.429. The molecule has 0 unspecified atom stereocenters. The molecule has 3 N–H and O–H groups in total. The van der Waals surface area contributed by atoms with Gasteiger partial charge in [0.25, 0.3) is 0 Å². The van der Waals surface area contributed by atoms with Gasteiger partial charge in [-0.05, 0) is 12.2 Å². The summed E-state index contributed by atoms with van der Waals surface area (Å²) in [6, 6.07) is -0.743. The normalized spacial score (nSPS) is 11.8. The van der Waals surface area contributed by atoms with Crippen molar-refractivity contribution < 1.29 is 9.90 Å². The third-order valence-electron chi connectivity index (χ3n) is 0.757. The molecule has 0 aromatic heterocycles. The molecule has 9 heavy (non-hydrogen) atoms. The Morgan fingerprint density at radius 2 is 2.22 bits per heavy atom. The molecule has 0 heterocycles. The highest BCUT2D eigenvalue weighted by atomic mass is 79.9. The zero-order valence-corrected chi connectivity index (χ0v) is 7.39. The van der Waals surface area contributed by atoms with E-state index in [1.165, 1.54) is 0 Å². The first-order valence-electron chi connectivity index (χ1n) is 2.27. The van der Waals surface area contributed by atoms with E-state index in [1.807, 2.05) is 0 Å². The monoisotopic (exact) mass is 215 g/mol. The van der Waals surface area contributed by atoms with Gasteiger partial charge in [-0.15, -0.1) is 17.0 Å². The van der Waals surface area contributed by atoms with Crippen LogP contribution < -0.4 is 5.73 Å². The summed E-state index contributed by atoms with van der Waals surface area (Å²) in [4.78, 5) is 9.93. The Kier molecular flexibility index (Phi) is 8.50. The van der Waals surface area contributed by atoms with Gasteiger partial charge in [0.15, 0.2) is 0 Å². The first-order valence-corrected chi connectivity index (χ1v) is 2.91. The van der Waals surface area contributed by atoms with Gasteiger partial charge in [-0.2, -0.15) is 12.6 Å². The Bertz CT molecular complexity index is 90.6. The smallest absolute Gasteiger partial charge is 0.320 e. The van der Waals surface area contributed by atoms with E-state index in [0.29, 0.717) is 12.2 Å². The average molecular weight is 216 g/mol. The Hall–Kier alpha value is 0.260. The fraction of sp³-hybridized carbons (Fsp3) is 0.750. The molecule has 0 aromatic rings. The molecular weight excluding hydrogens is 206 g/mol.